The molecule has 0 aromatic heterocycles. The van der Waals surface area contributed by atoms with Gasteiger partial charge >= 0.3 is 0 Å². The molecule has 0 atom stereocenters. The summed E-state index contributed by atoms with van der Waals surface area (Å²) in [5, 5.41) is 0. The lowest BCUT2D eigenvalue weighted by molar-refractivity contribution is 0.252. The van der Waals surface area contributed by atoms with Gasteiger partial charge in [0.25, 0.3) is 0 Å². The first-order chi connectivity index (χ1) is 9.55. The summed E-state index contributed by atoms with van der Waals surface area (Å²) < 4.78 is 27.2. The Morgan fingerprint density at radius 3 is 2.43 bits per heavy atom. The van der Waals surface area contributed by atoms with Crippen LogP contribution in [0.4, 0.5) is 0 Å². The Morgan fingerprint density at radius 2 is 1.90 bits per heavy atom. The number of nitrogens with one attached hydrogen (secondary N) is 1. The van der Waals surface area contributed by atoms with Gasteiger partial charge in [-0.25, -0.2) is 13.1 Å². The number of nitrogens with two attached hydrogens (primary N) is 1. The molecule has 0 amide bonds. The van der Waals surface area contributed by atoms with Crippen molar-refractivity contribution in [1.29, 1.82) is 0 Å². The number of hydrogen-bond donors (Lipinski definition) is 2. The average Bonchev–Trinajstić information content (AvgIpc) is 2.36. The van der Waals surface area contributed by atoms with Gasteiger partial charge in [-0.05, 0) is 16.9 Å². The highest BCUT2D eigenvalue weighted by Gasteiger charge is 2.25. The van der Waals surface area contributed by atoms with E-state index in [-0.39, 0.29) is 16.2 Å². The van der Waals surface area contributed by atoms with E-state index >= 15 is 0 Å². The fourth-order valence-corrected chi connectivity index (χ4v) is 3.20. The summed E-state index contributed by atoms with van der Waals surface area (Å²) in [6.45, 7) is 8.65. The van der Waals surface area contributed by atoms with Gasteiger partial charge in [0.15, 0.2) is 0 Å². The second-order valence-corrected chi connectivity index (χ2v) is 8.49. The number of sulfonamides is 1. The molecule has 0 spiro atoms. The normalized spacial score (nSPS) is 12.6. The van der Waals surface area contributed by atoms with Crippen LogP contribution in [0.5, 0.6) is 0 Å². The van der Waals surface area contributed by atoms with Gasteiger partial charge in [-0.3, -0.25) is 0 Å². The highest BCUT2D eigenvalue weighted by molar-refractivity contribution is 7.88. The van der Waals surface area contributed by atoms with Crippen molar-refractivity contribution in [1.82, 2.24) is 4.72 Å². The standard InChI is InChI=1S/C15H24N2O2S2/c1-11(2)15(3,4)10-17-21(18,19)9-12-7-5-6-8-13(12)14(16)20/h5-8,11,17H,9-10H2,1-4H3,(H2,16,20). The largest absolute Gasteiger partial charge is 0.389 e. The maximum absolute atomic E-state index is 12.2. The summed E-state index contributed by atoms with van der Waals surface area (Å²) in [5.74, 6) is 0.262. The van der Waals surface area contributed by atoms with Gasteiger partial charge in [-0.1, -0.05) is 64.2 Å². The third-order valence-corrected chi connectivity index (χ3v) is 5.43. The Kier molecular flexibility index (Phi) is 5.90. The van der Waals surface area contributed by atoms with Gasteiger partial charge in [-0.2, -0.15) is 0 Å². The molecule has 0 heterocycles. The molecule has 6 heteroatoms. The van der Waals surface area contributed by atoms with E-state index in [1.165, 1.54) is 0 Å². The number of thiocarbonyl (C=S) groups is 1. The smallest absolute Gasteiger partial charge is 0.215 e. The van der Waals surface area contributed by atoms with Crippen molar-refractivity contribution < 1.29 is 8.42 Å². The minimum atomic E-state index is -3.42. The van der Waals surface area contributed by atoms with Crippen LogP contribution in [0.2, 0.25) is 0 Å². The second-order valence-electron chi connectivity index (χ2n) is 6.24. The van der Waals surface area contributed by atoms with Crippen LogP contribution < -0.4 is 10.5 Å². The number of benzene rings is 1. The predicted octanol–water partition coefficient (Wildman–Crippen LogP) is 2.42. The molecular formula is C15H24N2O2S2. The third-order valence-electron chi connectivity index (χ3n) is 3.94. The van der Waals surface area contributed by atoms with E-state index in [4.69, 9.17) is 18.0 Å². The van der Waals surface area contributed by atoms with Gasteiger partial charge in [0.1, 0.15) is 4.99 Å². The van der Waals surface area contributed by atoms with Crippen LogP contribution in [0.15, 0.2) is 24.3 Å². The first-order valence-electron chi connectivity index (χ1n) is 6.90. The van der Waals surface area contributed by atoms with Crippen LogP contribution in [0.3, 0.4) is 0 Å². The lowest BCUT2D eigenvalue weighted by atomic mass is 9.81. The Labute approximate surface area is 133 Å². The van der Waals surface area contributed by atoms with E-state index in [1.54, 1.807) is 24.3 Å². The Bertz CT molecular complexity index is 608. The molecule has 1 rings (SSSR count). The number of hydrogen-bond acceptors (Lipinski definition) is 3. The van der Waals surface area contributed by atoms with Gasteiger partial charge in [-0.15, -0.1) is 0 Å². The maximum Gasteiger partial charge on any atom is 0.215 e. The summed E-state index contributed by atoms with van der Waals surface area (Å²) in [7, 11) is -3.42. The number of rotatable bonds is 7. The van der Waals surface area contributed by atoms with Gasteiger partial charge in [0.2, 0.25) is 10.0 Å². The van der Waals surface area contributed by atoms with E-state index in [0.29, 0.717) is 23.6 Å². The van der Waals surface area contributed by atoms with Crippen molar-refractivity contribution in [3.8, 4) is 0 Å². The molecule has 1 aromatic carbocycles. The molecule has 21 heavy (non-hydrogen) atoms. The predicted molar refractivity (Wildman–Crippen MR) is 91.6 cm³/mol. The quantitative estimate of drug-likeness (QED) is 0.754. The lowest BCUT2D eigenvalue weighted by Crippen LogP contribution is -2.37. The van der Waals surface area contributed by atoms with Crippen molar-refractivity contribution in [2.45, 2.75) is 33.4 Å². The van der Waals surface area contributed by atoms with E-state index in [0.717, 1.165) is 0 Å². The topological polar surface area (TPSA) is 72.2 Å². The zero-order valence-electron chi connectivity index (χ0n) is 13.0. The molecule has 0 unspecified atom stereocenters. The van der Waals surface area contributed by atoms with Crippen LogP contribution in [-0.4, -0.2) is 20.0 Å². The van der Waals surface area contributed by atoms with Crippen LogP contribution >= 0.6 is 12.2 Å². The highest BCUT2D eigenvalue weighted by Crippen LogP contribution is 2.25. The van der Waals surface area contributed by atoms with Crippen LogP contribution in [0.1, 0.15) is 38.8 Å². The first-order valence-corrected chi connectivity index (χ1v) is 8.96. The molecular weight excluding hydrogens is 304 g/mol. The SMILES string of the molecule is CC(C)C(C)(C)CNS(=O)(=O)Cc1ccccc1C(N)=S. The molecule has 1 aromatic rings. The van der Waals surface area contributed by atoms with Gasteiger partial charge in [0.05, 0.1) is 5.75 Å². The summed E-state index contributed by atoms with van der Waals surface area (Å²) in [6.07, 6.45) is 0. The molecule has 0 saturated heterocycles. The monoisotopic (exact) mass is 328 g/mol. The van der Waals surface area contributed by atoms with Crippen molar-refractivity contribution >= 4 is 27.2 Å². The van der Waals surface area contributed by atoms with Crippen molar-refractivity contribution in [3.05, 3.63) is 35.4 Å². The molecule has 0 radical (unpaired) electrons. The molecule has 0 bridgehead atoms. The average molecular weight is 329 g/mol. The summed E-state index contributed by atoms with van der Waals surface area (Å²) in [6, 6.07) is 7.05. The molecule has 4 nitrogen and oxygen atoms in total. The molecule has 0 fully saturated rings. The zero-order valence-corrected chi connectivity index (χ0v) is 14.6. The van der Waals surface area contributed by atoms with Crippen LogP contribution in [0.25, 0.3) is 0 Å². The second kappa shape index (κ2) is 6.85. The van der Waals surface area contributed by atoms with E-state index in [1.807, 2.05) is 13.8 Å². The summed E-state index contributed by atoms with van der Waals surface area (Å²) in [4.78, 5) is 0.211. The van der Waals surface area contributed by atoms with Crippen LogP contribution in [-0.2, 0) is 15.8 Å². The minimum absolute atomic E-state index is 0.101. The van der Waals surface area contributed by atoms with Crippen molar-refractivity contribution in [2.75, 3.05) is 6.54 Å². The Hall–Kier alpha value is -0.980. The van der Waals surface area contributed by atoms with Crippen LogP contribution in [0, 0.1) is 11.3 Å². The van der Waals surface area contributed by atoms with E-state index < -0.39 is 10.0 Å². The highest BCUT2D eigenvalue weighted by atomic mass is 32.2. The van der Waals surface area contributed by atoms with Gasteiger partial charge in [0, 0.05) is 12.1 Å². The molecule has 3 N–H and O–H groups in total. The maximum atomic E-state index is 12.2. The first kappa shape index (κ1) is 18.1. The Balaban J connectivity index is 2.85. The molecule has 0 saturated carbocycles. The molecule has 0 aliphatic heterocycles. The Morgan fingerprint density at radius 1 is 1.33 bits per heavy atom. The molecule has 0 aliphatic carbocycles. The van der Waals surface area contributed by atoms with Crippen molar-refractivity contribution in [3.63, 3.8) is 0 Å². The zero-order chi connectivity index (χ0) is 16.3. The molecule has 118 valence electrons. The minimum Gasteiger partial charge on any atom is -0.389 e. The van der Waals surface area contributed by atoms with Gasteiger partial charge < -0.3 is 5.73 Å². The fourth-order valence-electron chi connectivity index (χ4n) is 1.64. The van der Waals surface area contributed by atoms with E-state index in [9.17, 15) is 8.42 Å². The third kappa shape index (κ3) is 5.37. The summed E-state index contributed by atoms with van der Waals surface area (Å²) in [5.41, 5.74) is 6.77. The fraction of sp³-hybridized carbons (Fsp3) is 0.533. The molecule has 0 aliphatic rings. The summed E-state index contributed by atoms with van der Waals surface area (Å²) >= 11 is 4.96. The van der Waals surface area contributed by atoms with E-state index in [2.05, 4.69) is 18.6 Å². The lowest BCUT2D eigenvalue weighted by Gasteiger charge is -2.29. The van der Waals surface area contributed by atoms with Crippen molar-refractivity contribution in [2.24, 2.45) is 17.1 Å².